The molecule has 1 aromatic heterocycles. The lowest BCUT2D eigenvalue weighted by molar-refractivity contribution is 0.112. The maximum absolute atomic E-state index is 10.6. The minimum absolute atomic E-state index is 0.652. The van der Waals surface area contributed by atoms with E-state index in [0.717, 1.165) is 17.5 Å². The lowest BCUT2D eigenvalue weighted by Crippen LogP contribution is -1.85. The van der Waals surface area contributed by atoms with Gasteiger partial charge in [0.2, 0.25) is 0 Å². The first-order chi connectivity index (χ1) is 6.90. The molecule has 0 aliphatic rings. The molecule has 14 heavy (non-hydrogen) atoms. The molecule has 1 aromatic carbocycles. The highest BCUT2D eigenvalue weighted by molar-refractivity contribution is 5.77. The van der Waals surface area contributed by atoms with Gasteiger partial charge in [0.15, 0.2) is 0 Å². The molecule has 2 aromatic rings. The Kier molecular flexibility index (Phi) is 2.36. The Morgan fingerprint density at radius 1 is 1.07 bits per heavy atom. The van der Waals surface area contributed by atoms with Crippen LogP contribution in [0.5, 0.6) is 0 Å². The van der Waals surface area contributed by atoms with E-state index in [1.807, 2.05) is 30.3 Å². The smallest absolute Gasteiger partial charge is 0.150 e. The van der Waals surface area contributed by atoms with Crippen molar-refractivity contribution >= 4 is 6.29 Å². The molecule has 0 aliphatic carbocycles. The van der Waals surface area contributed by atoms with E-state index in [9.17, 15) is 4.79 Å². The number of aromatic nitrogens is 1. The van der Waals surface area contributed by atoms with Gasteiger partial charge >= 0.3 is 0 Å². The van der Waals surface area contributed by atoms with Gasteiger partial charge in [0.25, 0.3) is 0 Å². The average Bonchev–Trinajstić information content (AvgIpc) is 2.30. The van der Waals surface area contributed by atoms with Crippen LogP contribution in [0.4, 0.5) is 0 Å². The second kappa shape index (κ2) is 3.83. The summed E-state index contributed by atoms with van der Waals surface area (Å²) in [5.74, 6) is 0. The van der Waals surface area contributed by atoms with E-state index < -0.39 is 0 Å². The Morgan fingerprint density at radius 3 is 2.57 bits per heavy atom. The van der Waals surface area contributed by atoms with Crippen LogP contribution in [0.1, 0.15) is 10.4 Å². The molecular formula is C12H9NO. The predicted octanol–water partition coefficient (Wildman–Crippen LogP) is 2.56. The average molecular weight is 183 g/mol. The third-order valence-corrected chi connectivity index (χ3v) is 1.99. The Labute approximate surface area is 82.2 Å². The van der Waals surface area contributed by atoms with Gasteiger partial charge in [-0.3, -0.25) is 9.78 Å². The molecule has 0 saturated carbocycles. The highest BCUT2D eigenvalue weighted by Gasteiger charge is 1.98. The van der Waals surface area contributed by atoms with Gasteiger partial charge in [0.1, 0.15) is 6.29 Å². The van der Waals surface area contributed by atoms with Gasteiger partial charge in [-0.15, -0.1) is 0 Å². The third-order valence-electron chi connectivity index (χ3n) is 1.99. The van der Waals surface area contributed by atoms with Crippen LogP contribution in [0, 0.1) is 0 Å². The highest BCUT2D eigenvalue weighted by atomic mass is 16.1. The fraction of sp³-hybridized carbons (Fsp3) is 0. The van der Waals surface area contributed by atoms with Crippen LogP contribution < -0.4 is 0 Å². The van der Waals surface area contributed by atoms with E-state index in [1.54, 1.807) is 18.3 Å². The molecule has 0 N–H and O–H groups in total. The molecular weight excluding hydrogens is 174 g/mol. The molecule has 0 unspecified atom stereocenters. The minimum Gasteiger partial charge on any atom is -0.298 e. The lowest BCUT2D eigenvalue weighted by Gasteiger charge is -1.99. The first kappa shape index (κ1) is 8.63. The number of hydrogen-bond donors (Lipinski definition) is 0. The van der Waals surface area contributed by atoms with Crippen molar-refractivity contribution in [3.8, 4) is 11.3 Å². The number of carbonyl (C=O) groups excluding carboxylic acids is 1. The summed E-state index contributed by atoms with van der Waals surface area (Å²) in [5, 5.41) is 0. The zero-order chi connectivity index (χ0) is 9.80. The monoisotopic (exact) mass is 183 g/mol. The van der Waals surface area contributed by atoms with Crippen molar-refractivity contribution in [1.82, 2.24) is 4.98 Å². The Hall–Kier alpha value is -1.96. The van der Waals surface area contributed by atoms with Crippen molar-refractivity contribution in [2.24, 2.45) is 0 Å². The van der Waals surface area contributed by atoms with Crippen molar-refractivity contribution < 1.29 is 4.79 Å². The van der Waals surface area contributed by atoms with E-state index in [2.05, 4.69) is 4.98 Å². The van der Waals surface area contributed by atoms with E-state index >= 15 is 0 Å². The number of benzene rings is 1. The first-order valence-electron chi connectivity index (χ1n) is 4.37. The van der Waals surface area contributed by atoms with Crippen LogP contribution in [0.3, 0.4) is 0 Å². The molecule has 0 atom stereocenters. The predicted molar refractivity (Wildman–Crippen MR) is 55.1 cm³/mol. The Bertz CT molecular complexity index is 437. The van der Waals surface area contributed by atoms with Crippen LogP contribution in [0.2, 0.25) is 0 Å². The maximum atomic E-state index is 10.6. The summed E-state index contributed by atoms with van der Waals surface area (Å²) in [5.41, 5.74) is 2.50. The van der Waals surface area contributed by atoms with Gasteiger partial charge in [0.05, 0.1) is 5.69 Å². The van der Waals surface area contributed by atoms with Crippen molar-refractivity contribution in [2.45, 2.75) is 0 Å². The van der Waals surface area contributed by atoms with Gasteiger partial charge < -0.3 is 0 Å². The zero-order valence-electron chi connectivity index (χ0n) is 7.55. The molecule has 0 spiro atoms. The standard InChI is InChI=1S/C12H9NO/c14-9-10-6-7-13-12(8-10)11-4-2-1-3-5-11/h1-9H. The van der Waals surface area contributed by atoms with Crippen molar-refractivity contribution in [2.75, 3.05) is 0 Å². The molecule has 0 radical (unpaired) electrons. The topological polar surface area (TPSA) is 30.0 Å². The van der Waals surface area contributed by atoms with Crippen LogP contribution in [-0.2, 0) is 0 Å². The lowest BCUT2D eigenvalue weighted by atomic mass is 10.1. The second-order valence-corrected chi connectivity index (χ2v) is 2.96. The first-order valence-corrected chi connectivity index (χ1v) is 4.37. The number of nitrogens with zero attached hydrogens (tertiary/aromatic N) is 1. The molecule has 2 heteroatoms. The molecule has 2 nitrogen and oxygen atoms in total. The normalized spacial score (nSPS) is 9.71. The van der Waals surface area contributed by atoms with Crippen molar-refractivity contribution in [1.29, 1.82) is 0 Å². The summed E-state index contributed by atoms with van der Waals surface area (Å²) in [6.45, 7) is 0. The summed E-state index contributed by atoms with van der Waals surface area (Å²) in [7, 11) is 0. The molecule has 1 heterocycles. The van der Waals surface area contributed by atoms with Crippen LogP contribution >= 0.6 is 0 Å². The minimum atomic E-state index is 0.652. The summed E-state index contributed by atoms with van der Waals surface area (Å²) in [4.78, 5) is 14.8. The van der Waals surface area contributed by atoms with Gasteiger partial charge in [-0.1, -0.05) is 30.3 Å². The molecule has 0 aliphatic heterocycles. The maximum Gasteiger partial charge on any atom is 0.150 e. The number of pyridine rings is 1. The molecule has 0 saturated heterocycles. The quantitative estimate of drug-likeness (QED) is 0.670. The number of rotatable bonds is 2. The number of carbonyl (C=O) groups is 1. The van der Waals surface area contributed by atoms with Gasteiger partial charge in [-0.05, 0) is 12.1 Å². The Morgan fingerprint density at radius 2 is 1.86 bits per heavy atom. The molecule has 2 rings (SSSR count). The second-order valence-electron chi connectivity index (χ2n) is 2.96. The van der Waals surface area contributed by atoms with Gasteiger partial charge in [-0.2, -0.15) is 0 Å². The number of hydrogen-bond acceptors (Lipinski definition) is 2. The van der Waals surface area contributed by atoms with E-state index in [-0.39, 0.29) is 0 Å². The molecule has 0 bridgehead atoms. The van der Waals surface area contributed by atoms with Crippen LogP contribution in [0.25, 0.3) is 11.3 Å². The summed E-state index contributed by atoms with van der Waals surface area (Å²) < 4.78 is 0. The molecule has 0 fully saturated rings. The summed E-state index contributed by atoms with van der Waals surface area (Å²) in [6, 6.07) is 13.3. The number of aldehydes is 1. The van der Waals surface area contributed by atoms with Crippen molar-refractivity contribution in [3.63, 3.8) is 0 Å². The van der Waals surface area contributed by atoms with Crippen LogP contribution in [0.15, 0.2) is 48.7 Å². The molecule has 68 valence electrons. The molecule has 0 amide bonds. The fourth-order valence-electron chi connectivity index (χ4n) is 1.29. The largest absolute Gasteiger partial charge is 0.298 e. The fourth-order valence-corrected chi connectivity index (χ4v) is 1.29. The zero-order valence-corrected chi connectivity index (χ0v) is 7.55. The van der Waals surface area contributed by atoms with Crippen LogP contribution in [-0.4, -0.2) is 11.3 Å². The van der Waals surface area contributed by atoms with E-state index in [4.69, 9.17) is 0 Å². The van der Waals surface area contributed by atoms with E-state index in [0.29, 0.717) is 5.56 Å². The van der Waals surface area contributed by atoms with Gasteiger partial charge in [-0.25, -0.2) is 0 Å². The van der Waals surface area contributed by atoms with Crippen molar-refractivity contribution in [3.05, 3.63) is 54.2 Å². The third kappa shape index (κ3) is 1.69. The summed E-state index contributed by atoms with van der Waals surface area (Å²) in [6.07, 6.45) is 2.47. The highest BCUT2D eigenvalue weighted by Crippen LogP contribution is 2.16. The van der Waals surface area contributed by atoms with E-state index in [1.165, 1.54) is 0 Å². The Balaban J connectivity index is 2.47. The van der Waals surface area contributed by atoms with Gasteiger partial charge in [0, 0.05) is 17.3 Å². The summed E-state index contributed by atoms with van der Waals surface area (Å²) >= 11 is 0. The SMILES string of the molecule is O=Cc1ccnc(-c2ccccc2)c1.